The van der Waals surface area contributed by atoms with E-state index in [0.29, 0.717) is 5.82 Å². The molecular formula is C17H18N4. The first-order valence-electron chi connectivity index (χ1n) is 7.06. The van der Waals surface area contributed by atoms with Crippen molar-refractivity contribution < 1.29 is 0 Å². The Hall–Kier alpha value is -2.62. The zero-order chi connectivity index (χ0) is 14.8. The molecule has 0 unspecified atom stereocenters. The van der Waals surface area contributed by atoms with Gasteiger partial charge in [0.2, 0.25) is 0 Å². The monoisotopic (exact) mass is 278 g/mol. The summed E-state index contributed by atoms with van der Waals surface area (Å²) in [4.78, 5) is 8.79. The SMILES string of the molecule is CCc1nc(N)c(C)c(Nc2ccc3ccccc3c2)n1. The summed E-state index contributed by atoms with van der Waals surface area (Å²) < 4.78 is 0. The molecule has 3 N–H and O–H groups in total. The molecule has 3 aromatic rings. The summed E-state index contributed by atoms with van der Waals surface area (Å²) in [7, 11) is 0. The Labute approximate surface area is 124 Å². The van der Waals surface area contributed by atoms with Crippen LogP contribution in [0.2, 0.25) is 0 Å². The highest BCUT2D eigenvalue weighted by Gasteiger charge is 2.08. The van der Waals surface area contributed by atoms with E-state index in [1.165, 1.54) is 10.8 Å². The topological polar surface area (TPSA) is 63.8 Å². The van der Waals surface area contributed by atoms with Crippen molar-refractivity contribution in [2.24, 2.45) is 0 Å². The molecule has 106 valence electrons. The standard InChI is InChI=1S/C17H18N4/c1-3-15-20-16(18)11(2)17(21-15)19-14-9-8-12-6-4-5-7-13(12)10-14/h4-10H,3H2,1-2H3,(H3,18,19,20,21). The number of anilines is 3. The van der Waals surface area contributed by atoms with Gasteiger partial charge in [-0.3, -0.25) is 0 Å². The summed E-state index contributed by atoms with van der Waals surface area (Å²) in [5, 5.41) is 5.76. The van der Waals surface area contributed by atoms with Gasteiger partial charge in [-0.05, 0) is 29.8 Å². The summed E-state index contributed by atoms with van der Waals surface area (Å²) >= 11 is 0. The third-order valence-electron chi connectivity index (χ3n) is 3.56. The molecule has 0 atom stereocenters. The Bertz CT molecular complexity index is 796. The molecule has 1 aromatic heterocycles. The number of aryl methyl sites for hydroxylation is 1. The van der Waals surface area contributed by atoms with Crippen molar-refractivity contribution in [3.05, 3.63) is 53.9 Å². The number of hydrogen-bond acceptors (Lipinski definition) is 4. The second-order valence-electron chi connectivity index (χ2n) is 5.04. The van der Waals surface area contributed by atoms with E-state index >= 15 is 0 Å². The quantitative estimate of drug-likeness (QED) is 0.764. The predicted molar refractivity (Wildman–Crippen MR) is 87.8 cm³/mol. The Morgan fingerprint density at radius 1 is 1.05 bits per heavy atom. The van der Waals surface area contributed by atoms with Crippen LogP contribution in [0.3, 0.4) is 0 Å². The van der Waals surface area contributed by atoms with Crippen molar-refractivity contribution in [3.63, 3.8) is 0 Å². The smallest absolute Gasteiger partial charge is 0.139 e. The Morgan fingerprint density at radius 2 is 1.81 bits per heavy atom. The maximum atomic E-state index is 5.95. The summed E-state index contributed by atoms with van der Waals surface area (Å²) in [6.07, 6.45) is 0.761. The van der Waals surface area contributed by atoms with Gasteiger partial charge in [0.1, 0.15) is 17.5 Å². The Balaban J connectivity index is 2.00. The van der Waals surface area contributed by atoms with Crippen LogP contribution in [-0.2, 0) is 6.42 Å². The third kappa shape index (κ3) is 2.65. The fraction of sp³-hybridized carbons (Fsp3) is 0.176. The summed E-state index contributed by atoms with van der Waals surface area (Å²) in [5.74, 6) is 2.06. The van der Waals surface area contributed by atoms with E-state index in [1.807, 2.05) is 32.0 Å². The fourth-order valence-corrected chi connectivity index (χ4v) is 2.27. The first-order chi connectivity index (χ1) is 10.2. The number of hydrogen-bond donors (Lipinski definition) is 2. The first kappa shape index (κ1) is 13.4. The van der Waals surface area contributed by atoms with E-state index in [-0.39, 0.29) is 0 Å². The molecule has 3 rings (SSSR count). The number of benzene rings is 2. The van der Waals surface area contributed by atoms with E-state index in [9.17, 15) is 0 Å². The van der Waals surface area contributed by atoms with Gasteiger partial charge in [0.25, 0.3) is 0 Å². The predicted octanol–water partition coefficient (Wildman–Crippen LogP) is 3.83. The molecule has 4 heteroatoms. The van der Waals surface area contributed by atoms with Crippen LogP contribution < -0.4 is 11.1 Å². The molecule has 0 aliphatic carbocycles. The van der Waals surface area contributed by atoms with Crippen molar-refractivity contribution in [2.45, 2.75) is 20.3 Å². The molecule has 4 nitrogen and oxygen atoms in total. The Kier molecular flexibility index (Phi) is 3.44. The molecule has 0 bridgehead atoms. The Morgan fingerprint density at radius 3 is 2.57 bits per heavy atom. The highest BCUT2D eigenvalue weighted by atomic mass is 15.1. The minimum Gasteiger partial charge on any atom is -0.383 e. The number of nitrogens with two attached hydrogens (primary N) is 1. The fourth-order valence-electron chi connectivity index (χ4n) is 2.27. The number of nitrogen functional groups attached to an aromatic ring is 1. The van der Waals surface area contributed by atoms with Gasteiger partial charge in [-0.25, -0.2) is 9.97 Å². The van der Waals surface area contributed by atoms with Gasteiger partial charge in [-0.1, -0.05) is 37.3 Å². The molecule has 2 aromatic carbocycles. The molecule has 1 heterocycles. The minimum absolute atomic E-state index is 0.533. The second kappa shape index (κ2) is 5.40. The molecule has 0 aliphatic heterocycles. The molecule has 0 fully saturated rings. The van der Waals surface area contributed by atoms with Crippen LogP contribution in [0.25, 0.3) is 10.8 Å². The van der Waals surface area contributed by atoms with Gasteiger partial charge < -0.3 is 11.1 Å². The van der Waals surface area contributed by atoms with Crippen molar-refractivity contribution in [3.8, 4) is 0 Å². The molecule has 0 spiro atoms. The zero-order valence-corrected chi connectivity index (χ0v) is 12.2. The lowest BCUT2D eigenvalue weighted by molar-refractivity contribution is 0.940. The van der Waals surface area contributed by atoms with Gasteiger partial charge in [0.15, 0.2) is 0 Å². The van der Waals surface area contributed by atoms with Crippen LogP contribution in [-0.4, -0.2) is 9.97 Å². The lowest BCUT2D eigenvalue weighted by atomic mass is 10.1. The minimum atomic E-state index is 0.533. The van der Waals surface area contributed by atoms with E-state index in [2.05, 4.69) is 39.6 Å². The largest absolute Gasteiger partial charge is 0.383 e. The van der Waals surface area contributed by atoms with Crippen molar-refractivity contribution >= 4 is 28.1 Å². The van der Waals surface area contributed by atoms with Gasteiger partial charge in [-0.15, -0.1) is 0 Å². The van der Waals surface area contributed by atoms with Gasteiger partial charge in [-0.2, -0.15) is 0 Å². The van der Waals surface area contributed by atoms with Gasteiger partial charge in [0, 0.05) is 17.7 Å². The molecule has 0 radical (unpaired) electrons. The average molecular weight is 278 g/mol. The van der Waals surface area contributed by atoms with Crippen LogP contribution in [0.4, 0.5) is 17.3 Å². The number of rotatable bonds is 3. The van der Waals surface area contributed by atoms with Crippen LogP contribution in [0.15, 0.2) is 42.5 Å². The van der Waals surface area contributed by atoms with E-state index in [0.717, 1.165) is 29.3 Å². The molecule has 0 amide bonds. The number of nitrogens with one attached hydrogen (secondary N) is 1. The van der Waals surface area contributed by atoms with Crippen molar-refractivity contribution in [1.29, 1.82) is 0 Å². The van der Waals surface area contributed by atoms with Gasteiger partial charge in [0.05, 0.1) is 0 Å². The molecule has 21 heavy (non-hydrogen) atoms. The van der Waals surface area contributed by atoms with Crippen molar-refractivity contribution in [1.82, 2.24) is 9.97 Å². The lowest BCUT2D eigenvalue weighted by Crippen LogP contribution is -2.06. The molecular weight excluding hydrogens is 260 g/mol. The molecule has 0 saturated heterocycles. The van der Waals surface area contributed by atoms with Crippen LogP contribution in [0.1, 0.15) is 18.3 Å². The van der Waals surface area contributed by atoms with E-state index in [1.54, 1.807) is 0 Å². The molecule has 0 saturated carbocycles. The highest BCUT2D eigenvalue weighted by Crippen LogP contribution is 2.25. The van der Waals surface area contributed by atoms with Crippen LogP contribution in [0, 0.1) is 6.92 Å². The van der Waals surface area contributed by atoms with Crippen molar-refractivity contribution in [2.75, 3.05) is 11.1 Å². The van der Waals surface area contributed by atoms with Crippen LogP contribution >= 0.6 is 0 Å². The number of fused-ring (bicyclic) bond motifs is 1. The normalized spacial score (nSPS) is 10.8. The molecule has 0 aliphatic rings. The summed E-state index contributed by atoms with van der Waals surface area (Å²) in [6.45, 7) is 3.95. The highest BCUT2D eigenvalue weighted by molar-refractivity contribution is 5.86. The maximum Gasteiger partial charge on any atom is 0.139 e. The maximum absolute atomic E-state index is 5.95. The lowest BCUT2D eigenvalue weighted by Gasteiger charge is -2.12. The second-order valence-corrected chi connectivity index (χ2v) is 5.04. The third-order valence-corrected chi connectivity index (χ3v) is 3.56. The summed E-state index contributed by atoms with van der Waals surface area (Å²) in [6, 6.07) is 14.5. The number of nitrogens with zero attached hydrogens (tertiary/aromatic N) is 2. The summed E-state index contributed by atoms with van der Waals surface area (Å²) in [5.41, 5.74) is 7.82. The number of aromatic nitrogens is 2. The zero-order valence-electron chi connectivity index (χ0n) is 12.2. The van der Waals surface area contributed by atoms with E-state index < -0.39 is 0 Å². The average Bonchev–Trinajstić information content (AvgIpc) is 2.51. The first-order valence-corrected chi connectivity index (χ1v) is 7.06. The van der Waals surface area contributed by atoms with Gasteiger partial charge >= 0.3 is 0 Å². The van der Waals surface area contributed by atoms with Crippen LogP contribution in [0.5, 0.6) is 0 Å². The van der Waals surface area contributed by atoms with E-state index in [4.69, 9.17) is 5.73 Å².